The van der Waals surface area contributed by atoms with E-state index in [1.165, 1.54) is 23.7 Å². The van der Waals surface area contributed by atoms with Gasteiger partial charge in [-0.25, -0.2) is 11.4 Å². The van der Waals surface area contributed by atoms with E-state index in [1.54, 1.807) is 24.3 Å². The lowest BCUT2D eigenvalue weighted by molar-refractivity contribution is -0.274. The van der Waals surface area contributed by atoms with E-state index in [4.69, 9.17) is 22.9 Å². The van der Waals surface area contributed by atoms with Crippen molar-refractivity contribution in [2.45, 2.75) is 19.5 Å². The van der Waals surface area contributed by atoms with Gasteiger partial charge in [0, 0.05) is 18.1 Å². The molecule has 36 heavy (non-hydrogen) atoms. The van der Waals surface area contributed by atoms with E-state index < -0.39 is 23.4 Å². The Morgan fingerprint density at radius 2 is 1.78 bits per heavy atom. The fraction of sp³-hybridized carbons (Fsp3) is 0.217. The fourth-order valence-electron chi connectivity index (χ4n) is 3.54. The summed E-state index contributed by atoms with van der Waals surface area (Å²) in [7, 11) is 1.42. The van der Waals surface area contributed by atoms with E-state index in [1.807, 2.05) is 0 Å². The largest absolute Gasteiger partial charge is 0.573 e. The van der Waals surface area contributed by atoms with Gasteiger partial charge in [-0.05, 0) is 29.8 Å². The molecule has 4 aromatic rings. The first-order chi connectivity index (χ1) is 17.1. The minimum atomic E-state index is -4.89. The maximum absolute atomic E-state index is 13.3. The van der Waals surface area contributed by atoms with Crippen LogP contribution in [0.3, 0.4) is 0 Å². The molecule has 2 heterocycles. The van der Waals surface area contributed by atoms with E-state index >= 15 is 0 Å². The summed E-state index contributed by atoms with van der Waals surface area (Å²) < 4.78 is 51.2. The Hall–Kier alpha value is -4.24. The standard InChI is InChI=1S/C23H17ClF3N5O4/c1-28-10-11-31-20(33)18-19(30(2)22(31)34)29-21(32(18)13-14-6-8-15(24)9-7-14)35-16-4-3-5-17(12-16)36-23(25,26)27/h3-9,12H,10-11,13H2,2H3. The van der Waals surface area contributed by atoms with Gasteiger partial charge in [0.05, 0.1) is 6.54 Å². The monoisotopic (exact) mass is 519 g/mol. The van der Waals surface area contributed by atoms with Gasteiger partial charge in [-0.3, -0.25) is 18.5 Å². The van der Waals surface area contributed by atoms with Gasteiger partial charge in [-0.1, -0.05) is 29.8 Å². The van der Waals surface area contributed by atoms with Crippen LogP contribution in [0, 0.1) is 6.57 Å². The molecular weight excluding hydrogens is 503 g/mol. The molecule has 0 aliphatic carbocycles. The lowest BCUT2D eigenvalue weighted by Gasteiger charge is -2.12. The molecular formula is C23H17ClF3N5O4. The summed E-state index contributed by atoms with van der Waals surface area (Å²) >= 11 is 5.97. The van der Waals surface area contributed by atoms with Crippen molar-refractivity contribution in [1.29, 1.82) is 0 Å². The number of halogens is 4. The number of hydrogen-bond acceptors (Lipinski definition) is 5. The average Bonchev–Trinajstić information content (AvgIpc) is 3.16. The van der Waals surface area contributed by atoms with Crippen molar-refractivity contribution in [2.75, 3.05) is 6.54 Å². The van der Waals surface area contributed by atoms with Gasteiger partial charge in [0.25, 0.3) is 5.56 Å². The molecule has 0 unspecified atom stereocenters. The Bertz CT molecular complexity index is 1580. The van der Waals surface area contributed by atoms with Crippen LogP contribution in [0.5, 0.6) is 17.5 Å². The Labute approximate surface area is 206 Å². The Kier molecular flexibility index (Phi) is 6.76. The second-order valence-corrected chi connectivity index (χ2v) is 8.02. The van der Waals surface area contributed by atoms with Crippen LogP contribution >= 0.6 is 11.6 Å². The van der Waals surface area contributed by atoms with Crippen LogP contribution in [0.2, 0.25) is 5.02 Å². The minimum absolute atomic E-state index is 0.00993. The summed E-state index contributed by atoms with van der Waals surface area (Å²) in [4.78, 5) is 33.6. The highest BCUT2D eigenvalue weighted by Gasteiger charge is 2.31. The molecule has 0 aliphatic heterocycles. The van der Waals surface area contributed by atoms with Crippen molar-refractivity contribution in [3.63, 3.8) is 0 Å². The molecule has 0 spiro atoms. The molecule has 0 saturated heterocycles. The summed E-state index contributed by atoms with van der Waals surface area (Å²) in [6, 6.07) is 11.4. The zero-order valence-electron chi connectivity index (χ0n) is 18.6. The molecule has 0 fully saturated rings. The predicted molar refractivity (Wildman–Crippen MR) is 124 cm³/mol. The van der Waals surface area contributed by atoms with Gasteiger partial charge in [0.1, 0.15) is 18.0 Å². The van der Waals surface area contributed by atoms with Gasteiger partial charge >= 0.3 is 18.1 Å². The van der Waals surface area contributed by atoms with Gasteiger partial charge in [0.15, 0.2) is 11.2 Å². The normalized spacial score (nSPS) is 11.4. The summed E-state index contributed by atoms with van der Waals surface area (Å²) in [6.45, 7) is 6.85. The maximum atomic E-state index is 13.3. The molecule has 186 valence electrons. The first-order valence-electron chi connectivity index (χ1n) is 10.4. The van der Waals surface area contributed by atoms with Gasteiger partial charge in [-0.2, -0.15) is 4.98 Å². The Balaban J connectivity index is 1.88. The number of rotatable bonds is 7. The topological polar surface area (TPSA) is 84.6 Å². The zero-order chi connectivity index (χ0) is 26.0. The average molecular weight is 520 g/mol. The second-order valence-electron chi connectivity index (χ2n) is 7.58. The third kappa shape index (κ3) is 5.21. The fourth-order valence-corrected chi connectivity index (χ4v) is 3.66. The Morgan fingerprint density at radius 3 is 2.44 bits per heavy atom. The van der Waals surface area contributed by atoms with Crippen LogP contribution < -0.4 is 20.7 Å². The zero-order valence-corrected chi connectivity index (χ0v) is 19.4. The van der Waals surface area contributed by atoms with Gasteiger partial charge < -0.3 is 14.3 Å². The van der Waals surface area contributed by atoms with Crippen LogP contribution in [-0.2, 0) is 20.1 Å². The summed E-state index contributed by atoms with van der Waals surface area (Å²) in [5.74, 6) is -0.544. The summed E-state index contributed by atoms with van der Waals surface area (Å²) in [5.41, 5.74) is -0.606. The van der Waals surface area contributed by atoms with Gasteiger partial charge in [-0.15, -0.1) is 13.2 Å². The molecule has 0 bridgehead atoms. The highest BCUT2D eigenvalue weighted by atomic mass is 35.5. The lowest BCUT2D eigenvalue weighted by atomic mass is 10.2. The van der Waals surface area contributed by atoms with Crippen molar-refractivity contribution in [3.05, 3.63) is 91.4 Å². The molecule has 0 aliphatic rings. The van der Waals surface area contributed by atoms with Crippen molar-refractivity contribution in [1.82, 2.24) is 18.7 Å². The van der Waals surface area contributed by atoms with E-state index in [9.17, 15) is 22.8 Å². The van der Waals surface area contributed by atoms with Crippen LogP contribution in [0.15, 0.2) is 58.1 Å². The van der Waals surface area contributed by atoms with Crippen molar-refractivity contribution < 1.29 is 22.6 Å². The highest BCUT2D eigenvalue weighted by Crippen LogP contribution is 2.30. The quantitative estimate of drug-likeness (QED) is 0.342. The molecule has 9 nitrogen and oxygen atoms in total. The van der Waals surface area contributed by atoms with Crippen molar-refractivity contribution >= 4 is 22.8 Å². The smallest absolute Gasteiger partial charge is 0.425 e. The lowest BCUT2D eigenvalue weighted by Crippen LogP contribution is -2.40. The van der Waals surface area contributed by atoms with E-state index in [-0.39, 0.29) is 42.6 Å². The number of hydrogen-bond donors (Lipinski definition) is 0. The molecule has 0 atom stereocenters. The third-order valence-electron chi connectivity index (χ3n) is 5.14. The molecule has 0 amide bonds. The van der Waals surface area contributed by atoms with Crippen LogP contribution in [-0.4, -0.2) is 31.6 Å². The summed E-state index contributed by atoms with van der Waals surface area (Å²) in [6.07, 6.45) is -4.89. The number of alkyl halides is 3. The molecule has 0 N–H and O–H groups in total. The number of ether oxygens (including phenoxy) is 2. The molecule has 0 radical (unpaired) electrons. The highest BCUT2D eigenvalue weighted by molar-refractivity contribution is 6.30. The predicted octanol–water partition coefficient (Wildman–Crippen LogP) is 4.21. The van der Waals surface area contributed by atoms with Crippen LogP contribution in [0.25, 0.3) is 16.0 Å². The SMILES string of the molecule is [C-]#[N+]CCn1c(=O)c2c(nc(Oc3cccc(OC(F)(F)F)c3)n2Cc2ccc(Cl)cc2)n(C)c1=O. The molecule has 0 saturated carbocycles. The third-order valence-corrected chi connectivity index (χ3v) is 5.39. The molecule has 2 aromatic carbocycles. The number of imidazole rings is 1. The van der Waals surface area contributed by atoms with Crippen molar-refractivity contribution in [2.24, 2.45) is 7.05 Å². The number of nitrogens with zero attached hydrogens (tertiary/aromatic N) is 5. The van der Waals surface area contributed by atoms with E-state index in [0.717, 1.165) is 21.3 Å². The molecule has 4 rings (SSSR count). The summed E-state index contributed by atoms with van der Waals surface area (Å²) in [5, 5.41) is 0.496. The van der Waals surface area contributed by atoms with Gasteiger partial charge in [0.2, 0.25) is 6.54 Å². The molecule has 2 aromatic heterocycles. The number of aromatic nitrogens is 4. The number of aryl methyl sites for hydroxylation is 1. The van der Waals surface area contributed by atoms with E-state index in [0.29, 0.717) is 10.6 Å². The van der Waals surface area contributed by atoms with E-state index in [2.05, 4.69) is 14.6 Å². The molecule has 13 heteroatoms. The maximum Gasteiger partial charge on any atom is 0.573 e. The van der Waals surface area contributed by atoms with Crippen LogP contribution in [0.1, 0.15) is 5.56 Å². The second kappa shape index (κ2) is 9.79. The van der Waals surface area contributed by atoms with Crippen molar-refractivity contribution in [3.8, 4) is 17.5 Å². The first-order valence-corrected chi connectivity index (χ1v) is 10.8. The minimum Gasteiger partial charge on any atom is -0.425 e. The number of benzene rings is 2. The first kappa shape index (κ1) is 24.9. The number of fused-ring (bicyclic) bond motifs is 1. The van der Waals surface area contributed by atoms with Crippen LogP contribution in [0.4, 0.5) is 13.2 Å². The Morgan fingerprint density at radius 1 is 1.08 bits per heavy atom.